The molecule has 11 aromatic rings. The third-order valence-corrected chi connectivity index (χ3v) is 29.0. The number of hydrogen-bond acceptors (Lipinski definition) is 4. The van der Waals surface area contributed by atoms with Gasteiger partial charge < -0.3 is 0 Å². The summed E-state index contributed by atoms with van der Waals surface area (Å²) < 4.78 is 10.5. The number of fused-ring (bicyclic) bond motifs is 7. The molecule has 8 aromatic carbocycles. The van der Waals surface area contributed by atoms with Crippen molar-refractivity contribution in [1.29, 1.82) is 0 Å². The van der Waals surface area contributed by atoms with Gasteiger partial charge in [0, 0.05) is 15.2 Å². The van der Waals surface area contributed by atoms with E-state index in [1.54, 1.807) is 16.7 Å². The van der Waals surface area contributed by atoms with Crippen LogP contribution in [-0.4, -0.2) is 22.9 Å². The smallest absolute Gasteiger partial charge is 0.144 e. The summed E-state index contributed by atoms with van der Waals surface area (Å²) >= 11 is 3.49. The van der Waals surface area contributed by atoms with Gasteiger partial charge in [-0.05, 0) is 116 Å². The number of rotatable bonds is 53. The number of unbranched alkanes of at least 4 members (excludes halogenated alkanes) is 36. The maximum atomic E-state index is 5.27. The van der Waals surface area contributed by atoms with Crippen LogP contribution in [0.4, 0.5) is 0 Å². The zero-order valence-corrected chi connectivity index (χ0v) is 74.4. The molecular weight excluding hydrogens is 1490 g/mol. The number of hydrogen-bond donors (Lipinski definition) is 0. The Balaban J connectivity index is 0.926. The van der Waals surface area contributed by atoms with E-state index in [-0.39, 0.29) is 25.8 Å². The molecular formula is C110H136N2S2Se. The second-order valence-corrected chi connectivity index (χ2v) is 37.6. The molecule has 0 spiro atoms. The van der Waals surface area contributed by atoms with Gasteiger partial charge in [0.1, 0.15) is 0 Å². The number of nitrogens with zero attached hydrogens (tertiary/aromatic N) is 2. The third kappa shape index (κ3) is 22.6. The van der Waals surface area contributed by atoms with Crippen LogP contribution in [0.2, 0.25) is 0 Å². The third-order valence-electron chi connectivity index (χ3n) is 26.3. The number of aromatic nitrogens is 2. The van der Waals surface area contributed by atoms with Crippen LogP contribution in [0.3, 0.4) is 0 Å². The maximum absolute atomic E-state index is 5.27. The van der Waals surface area contributed by atoms with E-state index in [1.807, 2.05) is 22.7 Å². The Bertz CT molecular complexity index is 4710. The van der Waals surface area contributed by atoms with Crippen LogP contribution in [-0.2, 0) is 10.8 Å². The van der Waals surface area contributed by atoms with Crippen molar-refractivity contribution < 1.29 is 0 Å². The van der Waals surface area contributed by atoms with Crippen LogP contribution < -0.4 is 0 Å². The summed E-state index contributed by atoms with van der Waals surface area (Å²) in [5.74, 6) is 0. The molecule has 0 saturated carbocycles. The molecule has 0 saturated heterocycles. The molecule has 0 fully saturated rings. The van der Waals surface area contributed by atoms with Crippen molar-refractivity contribution >= 4 is 73.0 Å². The van der Waals surface area contributed by atoms with E-state index in [1.165, 1.54) is 374 Å². The summed E-state index contributed by atoms with van der Waals surface area (Å²) in [6, 6.07) is 71.9. The van der Waals surface area contributed by atoms with Crippen molar-refractivity contribution in [3.05, 3.63) is 236 Å². The van der Waals surface area contributed by atoms with Crippen molar-refractivity contribution in [3.8, 4) is 77.9 Å². The summed E-state index contributed by atoms with van der Waals surface area (Å²) in [7, 11) is 0. The van der Waals surface area contributed by atoms with Gasteiger partial charge in [-0.2, -0.15) is 0 Å². The van der Waals surface area contributed by atoms with Crippen molar-refractivity contribution in [2.45, 2.75) is 321 Å². The molecule has 2 aliphatic carbocycles. The normalized spacial score (nSPS) is 13.3. The molecule has 0 amide bonds. The molecule has 13 rings (SSSR count). The molecule has 0 radical (unpaired) electrons. The SMILES string of the molecule is CCCCCCCCCCCCC1(CCCCCCCCCCCC)c2cc(-c3ccccc3)ccc2-c2ccc(-c3cc(/C=C/c4cccs4)c(-c4ccc5c(c4)C(CCCCCCCCCCCC)(CCCCCCCCCCCC)c4cc(-c6ccc(-c7ccccc7)c7n[se]nc67)ccc4-5)cc3/C=C/c3cccs3)cc21. The first-order valence-electron chi connectivity index (χ1n) is 46.5. The van der Waals surface area contributed by atoms with Crippen LogP contribution in [0.1, 0.15) is 353 Å². The van der Waals surface area contributed by atoms with Crippen LogP contribution in [0.25, 0.3) is 113 Å². The standard InChI is InChI=1S/C110H136N2S2Se/c1-5-9-13-17-21-25-29-33-37-47-73-109(74-48-38-34-30-26-22-18-14-10-6-2)103-81-87(85-53-43-41-44-54-85)61-67-97(103)99-69-63-91(83-105(99)109)101-79-89(60-66-94-58-52-78-114-94)102(80-88(101)59-65-93-57-51-77-113-93)92-64-70-100-98-68-62-90(96-72-71-95(86-55-45-42-46-56-86)107-108(96)112-115-111-107)82-104(98)110(106(100)84-92,75-49-39-35-31-27-23-19-15-11-7-3)76-50-40-36-32-28-24-20-16-12-8-4/h41-46,51-72,77-84H,5-40,47-50,73-76H2,1-4H3/b65-59+,66-60+. The van der Waals surface area contributed by atoms with Gasteiger partial charge in [-0.15, -0.1) is 22.7 Å². The van der Waals surface area contributed by atoms with E-state index in [9.17, 15) is 0 Å². The monoisotopic (exact) mass is 1630 g/mol. The van der Waals surface area contributed by atoms with E-state index >= 15 is 0 Å². The zero-order valence-electron chi connectivity index (χ0n) is 71.0. The molecule has 0 unspecified atom stereocenters. The van der Waals surface area contributed by atoms with Crippen molar-refractivity contribution in [3.63, 3.8) is 0 Å². The van der Waals surface area contributed by atoms with Crippen LogP contribution in [0.5, 0.6) is 0 Å². The van der Waals surface area contributed by atoms with Crippen molar-refractivity contribution in [2.75, 3.05) is 0 Å². The Morgan fingerprint density at radius 3 is 0.843 bits per heavy atom. The Kier molecular flexibility index (Phi) is 34.0. The van der Waals surface area contributed by atoms with E-state index in [2.05, 4.69) is 245 Å². The van der Waals surface area contributed by atoms with Gasteiger partial charge in [0.15, 0.2) is 0 Å². The quantitative estimate of drug-likeness (QED) is 0.0280. The van der Waals surface area contributed by atoms with Gasteiger partial charge in [0.2, 0.25) is 0 Å². The summed E-state index contributed by atoms with van der Waals surface area (Å²) in [5.41, 5.74) is 29.1. The molecule has 2 nitrogen and oxygen atoms in total. The fraction of sp³-hybridized carbons (Fsp3) is 0.455. The van der Waals surface area contributed by atoms with Crippen LogP contribution in [0.15, 0.2) is 193 Å². The first-order valence-corrected chi connectivity index (χ1v) is 49.8. The van der Waals surface area contributed by atoms with Gasteiger partial charge in [0.05, 0.1) is 0 Å². The molecule has 0 bridgehead atoms. The van der Waals surface area contributed by atoms with Gasteiger partial charge >= 0.3 is 250 Å². The average molecular weight is 1630 g/mol. The van der Waals surface area contributed by atoms with Crippen LogP contribution >= 0.6 is 22.7 Å². The average Bonchev–Trinajstić information content (AvgIpc) is 1.57. The topological polar surface area (TPSA) is 25.8 Å². The second kappa shape index (κ2) is 45.6. The van der Waals surface area contributed by atoms with E-state index in [0.29, 0.717) is 0 Å². The van der Waals surface area contributed by atoms with Gasteiger partial charge in [-0.3, -0.25) is 0 Å². The van der Waals surface area contributed by atoms with E-state index in [4.69, 9.17) is 7.96 Å². The molecule has 0 aliphatic heterocycles. The zero-order chi connectivity index (χ0) is 79.0. The Morgan fingerprint density at radius 2 is 0.522 bits per heavy atom. The summed E-state index contributed by atoms with van der Waals surface area (Å²) in [6.45, 7) is 9.35. The summed E-state index contributed by atoms with van der Waals surface area (Å²) in [6.07, 6.45) is 68.0. The van der Waals surface area contributed by atoms with Crippen molar-refractivity contribution in [1.82, 2.24) is 7.96 Å². The van der Waals surface area contributed by atoms with Crippen LogP contribution in [0, 0.1) is 0 Å². The Morgan fingerprint density at radius 1 is 0.243 bits per heavy atom. The number of benzene rings is 8. The predicted octanol–water partition coefficient (Wildman–Crippen LogP) is 35.3. The molecule has 3 aromatic heterocycles. The minimum absolute atomic E-state index is 0.101. The second-order valence-electron chi connectivity index (χ2n) is 34.5. The molecule has 0 atom stereocenters. The molecule has 5 heteroatoms. The van der Waals surface area contributed by atoms with Crippen molar-refractivity contribution in [2.24, 2.45) is 0 Å². The molecule has 0 N–H and O–H groups in total. The fourth-order valence-electron chi connectivity index (χ4n) is 19.8. The number of thiophene rings is 2. The molecule has 115 heavy (non-hydrogen) atoms. The summed E-state index contributed by atoms with van der Waals surface area (Å²) in [4.78, 5) is 2.55. The molecule has 3 heterocycles. The Hall–Kier alpha value is -7.24. The minimum Gasteiger partial charge on any atom is -0.144 e. The van der Waals surface area contributed by atoms with E-state index < -0.39 is 0 Å². The van der Waals surface area contributed by atoms with E-state index in [0.717, 1.165) is 23.9 Å². The first-order chi connectivity index (χ1) is 56.9. The van der Waals surface area contributed by atoms with Gasteiger partial charge in [0.25, 0.3) is 0 Å². The van der Waals surface area contributed by atoms with Gasteiger partial charge in [-0.1, -0.05) is 312 Å². The van der Waals surface area contributed by atoms with Gasteiger partial charge in [-0.25, -0.2) is 0 Å². The fourth-order valence-corrected chi connectivity index (χ4v) is 22.2. The molecule has 604 valence electrons. The summed E-state index contributed by atoms with van der Waals surface area (Å²) in [5, 5.41) is 4.47. The Labute approximate surface area is 710 Å². The predicted molar refractivity (Wildman–Crippen MR) is 508 cm³/mol. The minimum atomic E-state index is -0.180. The first kappa shape index (κ1) is 85.6. The molecule has 2 aliphatic rings.